The number of nitrogens with zero attached hydrogens (tertiary/aromatic N) is 5. The summed E-state index contributed by atoms with van der Waals surface area (Å²) in [7, 11) is 0. The maximum Gasteiger partial charge on any atom is 0.164 e. The number of rotatable bonds is 20. The zero-order valence-corrected chi connectivity index (χ0v) is 77.9. The lowest BCUT2D eigenvalue weighted by Gasteiger charge is -2.14. The zero-order chi connectivity index (χ0) is 91.4. The molecule has 0 radical (unpaired) electrons. The molecular weight excluding hydrogens is 1750 g/mol. The lowest BCUT2D eigenvalue weighted by atomic mass is 9.89. The number of hydrogen-bond donors (Lipinski definition) is 0. The summed E-state index contributed by atoms with van der Waals surface area (Å²) in [6.07, 6.45) is 1.69. The molecule has 0 aliphatic carbocycles. The van der Waals surface area contributed by atoms with Gasteiger partial charge in [0.05, 0.1) is 11.4 Å². The summed E-state index contributed by atoms with van der Waals surface area (Å²) >= 11 is 7.32. The third-order valence-electron chi connectivity index (χ3n) is 26.4. The number of hydrogen-bond acceptors (Lipinski definition) is 9. The van der Waals surface area contributed by atoms with E-state index in [1.54, 1.807) is 29.0 Å². The van der Waals surface area contributed by atoms with Crippen LogP contribution in [0.25, 0.3) is 261 Å². The fourth-order valence-corrected chi connectivity index (χ4v) is 25.3. The zero-order valence-electron chi connectivity index (χ0n) is 74.6. The van der Waals surface area contributed by atoms with Crippen molar-refractivity contribution in [2.45, 2.75) is 0 Å². The molecule has 138 heavy (non-hydrogen) atoms. The second kappa shape index (κ2) is 36.2. The molecule has 0 N–H and O–H groups in total. The van der Waals surface area contributed by atoms with E-state index in [0.717, 1.165) is 120 Å². The molecule has 0 aliphatic heterocycles. The maximum absolute atomic E-state index is 5.54. The first kappa shape index (κ1) is 83.0. The van der Waals surface area contributed by atoms with E-state index < -0.39 is 0 Å². The van der Waals surface area contributed by atoms with Crippen molar-refractivity contribution in [1.82, 2.24) is 24.9 Å². The minimum absolute atomic E-state index is 0.602. The van der Waals surface area contributed by atoms with Crippen LogP contribution in [-0.2, 0) is 0 Å². The highest BCUT2D eigenvalue weighted by Crippen LogP contribution is 2.56. The van der Waals surface area contributed by atoms with Crippen LogP contribution in [0.3, 0.4) is 0 Å². The summed E-state index contributed by atoms with van der Waals surface area (Å²) in [6, 6.07) is 176. The van der Waals surface area contributed by atoms with Crippen molar-refractivity contribution in [3.63, 3.8) is 0 Å². The number of thiophene rings is 4. The summed E-state index contributed by atoms with van der Waals surface area (Å²) < 4.78 is 4.68. The molecule has 0 saturated carbocycles. The van der Waals surface area contributed by atoms with Crippen molar-refractivity contribution < 1.29 is 0 Å². The average Bonchev–Trinajstić information content (AvgIpc) is 1.60. The van der Waals surface area contributed by atoms with Gasteiger partial charge in [-0.1, -0.05) is 431 Å². The third-order valence-corrected chi connectivity index (χ3v) is 31.5. The quantitative estimate of drug-likeness (QED) is 0.0761. The Labute approximate surface area is 816 Å². The molecule has 6 heterocycles. The SMILES string of the molecule is c1ccc(-c2cc(-c3ccccc3)cc(-c3cccc(-c4cccc5c(-c6ccccc6-c6ccc(-c7c(-c8ccccc8)sc8c(-c9ncnc(-c%10cccc%11c(-c%12cccc(-c%13ccccc%13-c%13cc(-c%14cccc(-c%15cccc%16c(-c%17ccccc%17)c(-c%17ccccc%17)sc%15%16)c%14)nc(-c%14ccccc%14)n%13)c%12)c(-c%12ccccc%12)sc%10%11)n9)cccc78)cc6)c(-c6ccccc6)sc45)c3)c2)cc1. The first-order chi connectivity index (χ1) is 68.4. The first-order valence-electron chi connectivity index (χ1n) is 46.4. The Hall–Kier alpha value is -16.9. The van der Waals surface area contributed by atoms with Gasteiger partial charge in [0.1, 0.15) is 6.33 Å². The van der Waals surface area contributed by atoms with Gasteiger partial charge >= 0.3 is 0 Å². The van der Waals surface area contributed by atoms with E-state index in [1.165, 1.54) is 124 Å². The minimum Gasteiger partial charge on any atom is -0.228 e. The van der Waals surface area contributed by atoms with Gasteiger partial charge in [-0.3, -0.25) is 0 Å². The molecule has 19 aromatic carbocycles. The molecule has 5 nitrogen and oxygen atoms in total. The second-order valence-corrected chi connectivity index (χ2v) is 38.8. The Morgan fingerprint density at radius 3 is 0.877 bits per heavy atom. The van der Waals surface area contributed by atoms with Gasteiger partial charge in [-0.05, 0) is 177 Å². The van der Waals surface area contributed by atoms with E-state index in [0.29, 0.717) is 17.5 Å². The van der Waals surface area contributed by atoms with Gasteiger partial charge in [-0.15, -0.1) is 45.3 Å². The molecule has 0 saturated heterocycles. The largest absolute Gasteiger partial charge is 0.228 e. The standard InChI is InChI=1S/C129H81N5S4/c1-9-36-82(37-10-1)98-77-99(83-38-11-2-12-39-83)79-100(78-98)92-52-29-54-94(74-92)103-63-33-67-110-118(122(138-124(103)110)90-48-21-7-22-49-90)106-61-28-26-58-101(106)84-70-72-86(73-71-84)116-108-65-34-68-111(125(108)136-120(116)88-44-17-5-18-45-88)128-130-81-131-129(134-128)112-69-35-66-109-117(121(137-126(109)112)89-46-19-6-20-47-89)97-57-31-53-93(76-97)102-59-25-27-60-105(102)114-80-113(132-127(133-114)91-50-23-8-24-51-91)96-56-30-55-95(75-96)104-62-32-64-107-115(85-40-13-3-14-41-85)119(135-123(104)107)87-42-15-4-16-43-87/h1-81H. The number of benzene rings is 19. The van der Waals surface area contributed by atoms with Gasteiger partial charge in [-0.2, -0.15) is 0 Å². The average molecular weight is 1830 g/mol. The molecule has 646 valence electrons. The summed E-state index contributed by atoms with van der Waals surface area (Å²) in [6.45, 7) is 0. The highest BCUT2D eigenvalue weighted by molar-refractivity contribution is 7.25. The second-order valence-electron chi connectivity index (χ2n) is 34.7. The Balaban J connectivity index is 0.553. The van der Waals surface area contributed by atoms with E-state index in [2.05, 4.69) is 479 Å². The smallest absolute Gasteiger partial charge is 0.164 e. The van der Waals surface area contributed by atoms with Crippen molar-refractivity contribution in [2.24, 2.45) is 0 Å². The van der Waals surface area contributed by atoms with Gasteiger partial charge in [0.25, 0.3) is 0 Å². The fourth-order valence-electron chi connectivity index (χ4n) is 19.9. The predicted molar refractivity (Wildman–Crippen MR) is 586 cm³/mol. The molecule has 0 fully saturated rings. The molecule has 25 aromatic rings. The Morgan fingerprint density at radius 1 is 0.138 bits per heavy atom. The van der Waals surface area contributed by atoms with Crippen LogP contribution in [-0.4, -0.2) is 24.9 Å². The Morgan fingerprint density at radius 2 is 0.413 bits per heavy atom. The molecular formula is C129H81N5S4. The van der Waals surface area contributed by atoms with E-state index >= 15 is 0 Å². The van der Waals surface area contributed by atoms with Crippen LogP contribution in [0.1, 0.15) is 0 Å². The molecule has 6 aromatic heterocycles. The minimum atomic E-state index is 0.602. The lowest BCUT2D eigenvalue weighted by Crippen LogP contribution is -1.97. The van der Waals surface area contributed by atoms with E-state index in [-0.39, 0.29) is 0 Å². The van der Waals surface area contributed by atoms with Crippen LogP contribution in [0, 0.1) is 0 Å². The summed E-state index contributed by atoms with van der Waals surface area (Å²) in [5.41, 5.74) is 36.7. The molecule has 0 atom stereocenters. The van der Waals surface area contributed by atoms with Gasteiger partial charge < -0.3 is 0 Å². The van der Waals surface area contributed by atoms with Gasteiger partial charge in [0, 0.05) is 110 Å². The lowest BCUT2D eigenvalue weighted by molar-refractivity contribution is 1.07. The Kier molecular flexibility index (Phi) is 21.7. The molecule has 0 unspecified atom stereocenters. The maximum atomic E-state index is 5.54. The Bertz CT molecular complexity index is 8850. The number of fused-ring (bicyclic) bond motifs is 4. The topological polar surface area (TPSA) is 64.5 Å². The van der Waals surface area contributed by atoms with Crippen LogP contribution in [0.2, 0.25) is 0 Å². The highest BCUT2D eigenvalue weighted by Gasteiger charge is 2.28. The van der Waals surface area contributed by atoms with Crippen molar-refractivity contribution >= 4 is 85.7 Å². The van der Waals surface area contributed by atoms with Crippen LogP contribution < -0.4 is 0 Å². The highest BCUT2D eigenvalue weighted by atomic mass is 32.1. The van der Waals surface area contributed by atoms with Gasteiger partial charge in [0.15, 0.2) is 17.5 Å². The number of aromatic nitrogens is 5. The van der Waals surface area contributed by atoms with Crippen LogP contribution >= 0.6 is 45.3 Å². The molecule has 25 rings (SSSR count). The van der Waals surface area contributed by atoms with Crippen LogP contribution in [0.4, 0.5) is 0 Å². The van der Waals surface area contributed by atoms with E-state index in [9.17, 15) is 0 Å². The van der Waals surface area contributed by atoms with Crippen molar-refractivity contribution in [1.29, 1.82) is 0 Å². The molecule has 0 bridgehead atoms. The summed E-state index contributed by atoms with van der Waals surface area (Å²) in [4.78, 5) is 31.4. The molecule has 0 amide bonds. The van der Waals surface area contributed by atoms with Crippen LogP contribution in [0.5, 0.6) is 0 Å². The molecule has 9 heteroatoms. The third kappa shape index (κ3) is 15.5. The van der Waals surface area contributed by atoms with Crippen LogP contribution in [0.15, 0.2) is 492 Å². The predicted octanol–water partition coefficient (Wildman–Crippen LogP) is 36.9. The fraction of sp³-hybridized carbons (Fsp3) is 0. The van der Waals surface area contributed by atoms with Gasteiger partial charge in [0.2, 0.25) is 0 Å². The molecule has 0 spiro atoms. The summed E-state index contributed by atoms with van der Waals surface area (Å²) in [5, 5.41) is 4.70. The van der Waals surface area contributed by atoms with Crippen molar-refractivity contribution in [2.75, 3.05) is 0 Å². The monoisotopic (exact) mass is 1830 g/mol. The van der Waals surface area contributed by atoms with Gasteiger partial charge in [-0.25, -0.2) is 24.9 Å². The molecule has 0 aliphatic rings. The summed E-state index contributed by atoms with van der Waals surface area (Å²) in [5.74, 6) is 1.86. The normalized spacial score (nSPS) is 11.5. The first-order valence-corrected chi connectivity index (χ1v) is 49.7. The van der Waals surface area contributed by atoms with E-state index in [1.807, 2.05) is 28.7 Å². The van der Waals surface area contributed by atoms with E-state index in [4.69, 9.17) is 24.9 Å². The van der Waals surface area contributed by atoms with Crippen molar-refractivity contribution in [3.8, 4) is 221 Å². The van der Waals surface area contributed by atoms with Crippen molar-refractivity contribution in [3.05, 3.63) is 492 Å².